The number of nitrogens with two attached hydrogens (primary N) is 1. The van der Waals surface area contributed by atoms with Gasteiger partial charge >= 0.3 is 0 Å². The Hall–Kier alpha value is -1.80. The molecule has 0 radical (unpaired) electrons. The van der Waals surface area contributed by atoms with E-state index >= 15 is 0 Å². The Morgan fingerprint density at radius 2 is 1.25 bits per heavy atom. The number of rotatable bonds is 3. The summed E-state index contributed by atoms with van der Waals surface area (Å²) in [7, 11) is 0. The number of hydrogen-bond acceptors (Lipinski definition) is 2. The standard InChI is InChI=1S/C18H22N2/c19-17-13-7-8-14-18(17)20(15-9-3-1-4-10-15)16-11-5-2-6-12-16/h1-6,9-12,17-18H,7-8,13-14,19H2/t17-,18-/m0/s1. The van der Waals surface area contributed by atoms with Gasteiger partial charge in [0.05, 0.1) is 0 Å². The van der Waals surface area contributed by atoms with E-state index in [0.717, 1.165) is 6.42 Å². The van der Waals surface area contributed by atoms with Gasteiger partial charge < -0.3 is 10.6 Å². The highest BCUT2D eigenvalue weighted by Gasteiger charge is 2.28. The van der Waals surface area contributed by atoms with E-state index < -0.39 is 0 Å². The maximum Gasteiger partial charge on any atom is 0.0493 e. The second-order valence-corrected chi connectivity index (χ2v) is 5.56. The first-order valence-corrected chi connectivity index (χ1v) is 7.51. The highest BCUT2D eigenvalue weighted by Crippen LogP contribution is 2.33. The summed E-state index contributed by atoms with van der Waals surface area (Å²) in [5.74, 6) is 0. The molecule has 0 heterocycles. The molecular formula is C18H22N2. The Labute approximate surface area is 121 Å². The predicted octanol–water partition coefficient (Wildman–Crippen LogP) is 4.09. The maximum atomic E-state index is 6.41. The van der Waals surface area contributed by atoms with Crippen LogP contribution in [0.1, 0.15) is 25.7 Å². The van der Waals surface area contributed by atoms with Gasteiger partial charge in [-0.25, -0.2) is 0 Å². The monoisotopic (exact) mass is 266 g/mol. The first-order chi connectivity index (χ1) is 9.86. The number of nitrogens with zero attached hydrogens (tertiary/aromatic N) is 1. The second kappa shape index (κ2) is 6.10. The van der Waals surface area contributed by atoms with Crippen LogP contribution in [0.3, 0.4) is 0 Å². The third-order valence-corrected chi connectivity index (χ3v) is 4.18. The topological polar surface area (TPSA) is 29.3 Å². The number of para-hydroxylation sites is 2. The zero-order valence-corrected chi connectivity index (χ0v) is 11.8. The van der Waals surface area contributed by atoms with Gasteiger partial charge in [-0.05, 0) is 37.1 Å². The van der Waals surface area contributed by atoms with Gasteiger partial charge in [0, 0.05) is 23.5 Å². The molecule has 104 valence electrons. The molecule has 1 fully saturated rings. The van der Waals surface area contributed by atoms with E-state index in [2.05, 4.69) is 65.6 Å². The van der Waals surface area contributed by atoms with E-state index in [1.807, 2.05) is 0 Å². The lowest BCUT2D eigenvalue weighted by Gasteiger charge is -2.40. The molecule has 0 bridgehead atoms. The molecule has 20 heavy (non-hydrogen) atoms. The average Bonchev–Trinajstić information content (AvgIpc) is 2.52. The van der Waals surface area contributed by atoms with Crippen LogP contribution in [-0.2, 0) is 0 Å². The molecular weight excluding hydrogens is 244 g/mol. The molecule has 0 spiro atoms. The van der Waals surface area contributed by atoms with Crippen LogP contribution < -0.4 is 10.6 Å². The summed E-state index contributed by atoms with van der Waals surface area (Å²) in [4.78, 5) is 2.42. The number of hydrogen-bond donors (Lipinski definition) is 1. The summed E-state index contributed by atoms with van der Waals surface area (Å²) in [6.45, 7) is 0. The van der Waals surface area contributed by atoms with Gasteiger partial charge in [0.15, 0.2) is 0 Å². The summed E-state index contributed by atoms with van der Waals surface area (Å²) in [6.07, 6.45) is 4.83. The fourth-order valence-corrected chi connectivity index (χ4v) is 3.17. The molecule has 0 aliphatic heterocycles. The predicted molar refractivity (Wildman–Crippen MR) is 85.3 cm³/mol. The molecule has 0 amide bonds. The summed E-state index contributed by atoms with van der Waals surface area (Å²) in [6, 6.07) is 21.9. The molecule has 1 saturated carbocycles. The van der Waals surface area contributed by atoms with Crippen molar-refractivity contribution in [3.05, 3.63) is 60.7 Å². The molecule has 2 heteroatoms. The molecule has 0 unspecified atom stereocenters. The third kappa shape index (κ3) is 2.70. The van der Waals surface area contributed by atoms with Crippen molar-refractivity contribution >= 4 is 11.4 Å². The van der Waals surface area contributed by atoms with E-state index in [-0.39, 0.29) is 6.04 Å². The molecule has 0 saturated heterocycles. The zero-order valence-electron chi connectivity index (χ0n) is 11.8. The second-order valence-electron chi connectivity index (χ2n) is 5.56. The molecule has 2 nitrogen and oxygen atoms in total. The van der Waals surface area contributed by atoms with E-state index in [1.165, 1.54) is 30.6 Å². The Bertz CT molecular complexity index is 484. The summed E-state index contributed by atoms with van der Waals surface area (Å²) >= 11 is 0. The smallest absolute Gasteiger partial charge is 0.0493 e. The fraction of sp³-hybridized carbons (Fsp3) is 0.333. The largest absolute Gasteiger partial charge is 0.337 e. The molecule has 2 aromatic rings. The van der Waals surface area contributed by atoms with E-state index in [0.29, 0.717) is 6.04 Å². The highest BCUT2D eigenvalue weighted by atomic mass is 15.2. The lowest BCUT2D eigenvalue weighted by atomic mass is 9.89. The highest BCUT2D eigenvalue weighted by molar-refractivity contribution is 5.64. The van der Waals surface area contributed by atoms with Gasteiger partial charge in [0.2, 0.25) is 0 Å². The Balaban J connectivity index is 1.99. The molecule has 3 rings (SSSR count). The van der Waals surface area contributed by atoms with Gasteiger partial charge in [-0.1, -0.05) is 49.2 Å². The normalized spacial score (nSPS) is 22.4. The summed E-state index contributed by atoms with van der Waals surface area (Å²) in [5, 5.41) is 0. The summed E-state index contributed by atoms with van der Waals surface area (Å²) < 4.78 is 0. The van der Waals surface area contributed by atoms with Crippen molar-refractivity contribution in [2.45, 2.75) is 37.8 Å². The number of benzene rings is 2. The quantitative estimate of drug-likeness (QED) is 0.906. The third-order valence-electron chi connectivity index (χ3n) is 4.18. The lowest BCUT2D eigenvalue weighted by molar-refractivity contribution is 0.381. The van der Waals surface area contributed by atoms with Crippen molar-refractivity contribution in [3.63, 3.8) is 0 Å². The molecule has 0 aromatic heterocycles. The van der Waals surface area contributed by atoms with Crippen molar-refractivity contribution in [1.82, 2.24) is 0 Å². The van der Waals surface area contributed by atoms with Crippen molar-refractivity contribution < 1.29 is 0 Å². The minimum atomic E-state index is 0.254. The Kier molecular flexibility index (Phi) is 4.03. The minimum Gasteiger partial charge on any atom is -0.337 e. The number of anilines is 2. The zero-order chi connectivity index (χ0) is 13.8. The Morgan fingerprint density at radius 1 is 0.750 bits per heavy atom. The maximum absolute atomic E-state index is 6.41. The average molecular weight is 266 g/mol. The SMILES string of the molecule is N[C@H]1CCCC[C@@H]1N(c1ccccc1)c1ccccc1. The molecule has 2 atom stereocenters. The molecule has 1 aliphatic rings. The van der Waals surface area contributed by atoms with E-state index in [1.54, 1.807) is 0 Å². The molecule has 2 aromatic carbocycles. The van der Waals surface area contributed by atoms with Gasteiger partial charge in [0.1, 0.15) is 0 Å². The minimum absolute atomic E-state index is 0.254. The first kappa shape index (κ1) is 13.2. The summed E-state index contributed by atoms with van der Waals surface area (Å²) in [5.41, 5.74) is 8.89. The van der Waals surface area contributed by atoms with E-state index in [4.69, 9.17) is 5.73 Å². The van der Waals surface area contributed by atoms with Crippen molar-refractivity contribution in [1.29, 1.82) is 0 Å². The first-order valence-electron chi connectivity index (χ1n) is 7.51. The van der Waals surface area contributed by atoms with Gasteiger partial charge in [-0.3, -0.25) is 0 Å². The van der Waals surface area contributed by atoms with Crippen LogP contribution >= 0.6 is 0 Å². The van der Waals surface area contributed by atoms with Crippen LogP contribution in [-0.4, -0.2) is 12.1 Å². The van der Waals surface area contributed by atoms with Gasteiger partial charge in [-0.2, -0.15) is 0 Å². The Morgan fingerprint density at radius 3 is 1.75 bits per heavy atom. The van der Waals surface area contributed by atoms with Crippen LogP contribution in [0.15, 0.2) is 60.7 Å². The van der Waals surface area contributed by atoms with Crippen molar-refractivity contribution in [2.24, 2.45) is 5.73 Å². The van der Waals surface area contributed by atoms with Crippen molar-refractivity contribution in [3.8, 4) is 0 Å². The molecule has 2 N–H and O–H groups in total. The van der Waals surface area contributed by atoms with E-state index in [9.17, 15) is 0 Å². The van der Waals surface area contributed by atoms with Crippen LogP contribution in [0.5, 0.6) is 0 Å². The fourth-order valence-electron chi connectivity index (χ4n) is 3.17. The van der Waals surface area contributed by atoms with Gasteiger partial charge in [0.25, 0.3) is 0 Å². The van der Waals surface area contributed by atoms with Crippen LogP contribution in [0.2, 0.25) is 0 Å². The van der Waals surface area contributed by atoms with Crippen LogP contribution in [0.25, 0.3) is 0 Å². The van der Waals surface area contributed by atoms with Gasteiger partial charge in [-0.15, -0.1) is 0 Å². The molecule has 1 aliphatic carbocycles. The van der Waals surface area contributed by atoms with Crippen LogP contribution in [0, 0.1) is 0 Å². The lowest BCUT2D eigenvalue weighted by Crippen LogP contribution is -2.47. The van der Waals surface area contributed by atoms with Crippen LogP contribution in [0.4, 0.5) is 11.4 Å². The van der Waals surface area contributed by atoms with Crippen molar-refractivity contribution in [2.75, 3.05) is 4.90 Å².